The van der Waals surface area contributed by atoms with Crippen molar-refractivity contribution in [2.45, 2.75) is 51.0 Å². The van der Waals surface area contributed by atoms with Crippen LogP contribution in [0.15, 0.2) is 24.3 Å². The standard InChI is InChI=1S/C23H33N3O3/c27-21-7-5-18(6-8-21)16-22(28)24-14-9-20(10-15-24)26-13-3-4-19(17-26)23(29)25-11-1-2-12-25/h5-8,19-20,27H,1-4,9-17H2/t19-/m1/s1. The molecule has 0 aliphatic carbocycles. The van der Waals surface area contributed by atoms with Gasteiger partial charge in [-0.3, -0.25) is 14.5 Å². The maximum absolute atomic E-state index is 12.8. The first-order valence-electron chi connectivity index (χ1n) is 11.2. The van der Waals surface area contributed by atoms with E-state index < -0.39 is 0 Å². The molecule has 6 heteroatoms. The monoisotopic (exact) mass is 399 g/mol. The summed E-state index contributed by atoms with van der Waals surface area (Å²) in [5.74, 6) is 0.921. The Morgan fingerprint density at radius 1 is 0.862 bits per heavy atom. The van der Waals surface area contributed by atoms with E-state index in [2.05, 4.69) is 9.80 Å². The molecule has 3 saturated heterocycles. The first-order chi connectivity index (χ1) is 14.1. The second-order valence-corrected chi connectivity index (χ2v) is 8.82. The van der Waals surface area contributed by atoms with Crippen molar-refractivity contribution in [3.63, 3.8) is 0 Å². The van der Waals surface area contributed by atoms with Crippen LogP contribution in [0.4, 0.5) is 0 Å². The van der Waals surface area contributed by atoms with Crippen LogP contribution in [0.5, 0.6) is 5.75 Å². The fourth-order valence-corrected chi connectivity index (χ4v) is 5.12. The number of aromatic hydroxyl groups is 1. The van der Waals surface area contributed by atoms with Gasteiger partial charge in [-0.25, -0.2) is 0 Å². The van der Waals surface area contributed by atoms with Crippen LogP contribution in [0, 0.1) is 5.92 Å². The van der Waals surface area contributed by atoms with E-state index in [0.29, 0.717) is 18.4 Å². The molecule has 29 heavy (non-hydrogen) atoms. The summed E-state index contributed by atoms with van der Waals surface area (Å²) in [6, 6.07) is 7.37. The van der Waals surface area contributed by atoms with Crippen LogP contribution in [0.2, 0.25) is 0 Å². The lowest BCUT2D eigenvalue weighted by atomic mass is 9.92. The molecule has 0 bridgehead atoms. The van der Waals surface area contributed by atoms with Gasteiger partial charge in [0, 0.05) is 38.8 Å². The summed E-state index contributed by atoms with van der Waals surface area (Å²) in [6.07, 6.45) is 6.80. The normalized spacial score (nSPS) is 24.1. The lowest BCUT2D eigenvalue weighted by Gasteiger charge is -2.42. The van der Waals surface area contributed by atoms with Crippen molar-refractivity contribution in [3.8, 4) is 5.75 Å². The predicted molar refractivity (Wildman–Crippen MR) is 112 cm³/mol. The molecule has 158 valence electrons. The zero-order chi connectivity index (χ0) is 20.2. The Kier molecular flexibility index (Phi) is 6.38. The van der Waals surface area contributed by atoms with E-state index >= 15 is 0 Å². The minimum atomic E-state index is 0.162. The SMILES string of the molecule is O=C(Cc1ccc(O)cc1)N1CCC(N2CCC[C@@H](C(=O)N3CCCC3)C2)CC1. The number of rotatable bonds is 4. The summed E-state index contributed by atoms with van der Waals surface area (Å²) in [5, 5.41) is 9.38. The molecule has 0 saturated carbocycles. The van der Waals surface area contributed by atoms with Gasteiger partial charge < -0.3 is 14.9 Å². The highest BCUT2D eigenvalue weighted by Gasteiger charge is 2.34. The van der Waals surface area contributed by atoms with Crippen LogP contribution in [0.1, 0.15) is 44.1 Å². The van der Waals surface area contributed by atoms with Crippen molar-refractivity contribution in [2.24, 2.45) is 5.92 Å². The van der Waals surface area contributed by atoms with E-state index in [1.54, 1.807) is 12.1 Å². The van der Waals surface area contributed by atoms with Crippen molar-refractivity contribution in [1.29, 1.82) is 0 Å². The van der Waals surface area contributed by atoms with E-state index in [1.165, 1.54) is 0 Å². The van der Waals surface area contributed by atoms with Gasteiger partial charge in [0.1, 0.15) is 5.75 Å². The Labute approximate surface area is 173 Å². The molecule has 3 aliphatic heterocycles. The summed E-state index contributed by atoms with van der Waals surface area (Å²) >= 11 is 0. The Morgan fingerprint density at radius 3 is 2.24 bits per heavy atom. The van der Waals surface area contributed by atoms with E-state index in [1.807, 2.05) is 17.0 Å². The van der Waals surface area contributed by atoms with E-state index in [0.717, 1.165) is 83.4 Å². The number of hydrogen-bond acceptors (Lipinski definition) is 4. The number of likely N-dealkylation sites (tertiary alicyclic amines) is 3. The Morgan fingerprint density at radius 2 is 1.55 bits per heavy atom. The number of benzene rings is 1. The van der Waals surface area contributed by atoms with Crippen molar-refractivity contribution in [2.75, 3.05) is 39.3 Å². The summed E-state index contributed by atoms with van der Waals surface area (Å²) in [5.41, 5.74) is 0.939. The quantitative estimate of drug-likeness (QED) is 0.844. The highest BCUT2D eigenvalue weighted by molar-refractivity contribution is 5.79. The number of amides is 2. The van der Waals surface area contributed by atoms with Crippen LogP contribution in [-0.4, -0.2) is 76.9 Å². The van der Waals surface area contributed by atoms with Gasteiger partial charge in [0.05, 0.1) is 12.3 Å². The Balaban J connectivity index is 1.26. The second-order valence-electron chi connectivity index (χ2n) is 8.82. The summed E-state index contributed by atoms with van der Waals surface area (Å²) in [4.78, 5) is 32.0. The molecule has 2 amide bonds. The second kappa shape index (κ2) is 9.16. The maximum atomic E-state index is 12.8. The van der Waals surface area contributed by atoms with Crippen LogP contribution in [0.3, 0.4) is 0 Å². The minimum absolute atomic E-state index is 0.162. The van der Waals surface area contributed by atoms with Gasteiger partial charge in [0.15, 0.2) is 0 Å². The zero-order valence-electron chi connectivity index (χ0n) is 17.3. The number of phenolic OH excluding ortho intramolecular Hbond substituents is 1. The fourth-order valence-electron chi connectivity index (χ4n) is 5.12. The number of nitrogens with zero attached hydrogens (tertiary/aromatic N) is 3. The van der Waals surface area contributed by atoms with Gasteiger partial charge in [-0.2, -0.15) is 0 Å². The van der Waals surface area contributed by atoms with Gasteiger partial charge in [0.2, 0.25) is 11.8 Å². The largest absolute Gasteiger partial charge is 0.508 e. The molecule has 3 heterocycles. The smallest absolute Gasteiger partial charge is 0.226 e. The van der Waals surface area contributed by atoms with E-state index in [-0.39, 0.29) is 17.6 Å². The molecule has 1 N–H and O–H groups in total. The van der Waals surface area contributed by atoms with Gasteiger partial charge in [-0.15, -0.1) is 0 Å². The third-order valence-electron chi connectivity index (χ3n) is 6.85. The average Bonchev–Trinajstić information content (AvgIpc) is 3.30. The van der Waals surface area contributed by atoms with Crippen LogP contribution < -0.4 is 0 Å². The molecule has 1 aromatic carbocycles. The van der Waals surface area contributed by atoms with E-state index in [4.69, 9.17) is 0 Å². The van der Waals surface area contributed by atoms with Crippen molar-refractivity contribution in [1.82, 2.24) is 14.7 Å². The molecule has 6 nitrogen and oxygen atoms in total. The molecule has 3 aliphatic rings. The van der Waals surface area contributed by atoms with Crippen LogP contribution in [-0.2, 0) is 16.0 Å². The first-order valence-corrected chi connectivity index (χ1v) is 11.2. The topological polar surface area (TPSA) is 64.1 Å². The number of phenols is 1. The fraction of sp³-hybridized carbons (Fsp3) is 0.652. The van der Waals surface area contributed by atoms with E-state index in [9.17, 15) is 14.7 Å². The van der Waals surface area contributed by atoms with Gasteiger partial charge >= 0.3 is 0 Å². The molecule has 0 unspecified atom stereocenters. The number of piperidine rings is 2. The minimum Gasteiger partial charge on any atom is -0.508 e. The summed E-state index contributed by atoms with van der Waals surface area (Å²) in [6.45, 7) is 5.44. The van der Waals surface area contributed by atoms with Crippen LogP contribution in [0.25, 0.3) is 0 Å². The molecule has 3 fully saturated rings. The highest BCUT2D eigenvalue weighted by atomic mass is 16.3. The number of carbonyl (C=O) groups is 2. The third-order valence-corrected chi connectivity index (χ3v) is 6.85. The Hall–Kier alpha value is -2.08. The molecular formula is C23H33N3O3. The molecule has 0 spiro atoms. The van der Waals surface area contributed by atoms with Crippen LogP contribution >= 0.6 is 0 Å². The molecular weight excluding hydrogens is 366 g/mol. The predicted octanol–water partition coefficient (Wildman–Crippen LogP) is 2.26. The summed E-state index contributed by atoms with van der Waals surface area (Å²) < 4.78 is 0. The van der Waals surface area contributed by atoms with Crippen molar-refractivity contribution in [3.05, 3.63) is 29.8 Å². The molecule has 4 rings (SSSR count). The lowest BCUT2D eigenvalue weighted by Crippen LogP contribution is -2.52. The first kappa shape index (κ1) is 20.2. The Bertz CT molecular complexity index is 707. The molecule has 0 radical (unpaired) electrons. The van der Waals surface area contributed by atoms with Gasteiger partial charge in [0.25, 0.3) is 0 Å². The van der Waals surface area contributed by atoms with Crippen molar-refractivity contribution < 1.29 is 14.7 Å². The maximum Gasteiger partial charge on any atom is 0.226 e. The highest BCUT2D eigenvalue weighted by Crippen LogP contribution is 2.26. The van der Waals surface area contributed by atoms with Gasteiger partial charge in [-0.05, 0) is 62.8 Å². The molecule has 1 atom stereocenters. The third kappa shape index (κ3) is 4.92. The number of hydrogen-bond donors (Lipinski definition) is 1. The molecule has 1 aromatic rings. The van der Waals surface area contributed by atoms with Gasteiger partial charge in [-0.1, -0.05) is 12.1 Å². The summed E-state index contributed by atoms with van der Waals surface area (Å²) in [7, 11) is 0. The number of carbonyl (C=O) groups excluding carboxylic acids is 2. The van der Waals surface area contributed by atoms with Crippen molar-refractivity contribution >= 4 is 11.8 Å². The zero-order valence-corrected chi connectivity index (χ0v) is 17.3. The average molecular weight is 400 g/mol. The lowest BCUT2D eigenvalue weighted by molar-refractivity contribution is -0.136. The molecule has 0 aromatic heterocycles.